The summed E-state index contributed by atoms with van der Waals surface area (Å²) < 4.78 is 53.6. The van der Waals surface area contributed by atoms with Crippen molar-refractivity contribution in [3.63, 3.8) is 0 Å². The van der Waals surface area contributed by atoms with E-state index in [1.165, 1.54) is 12.1 Å². The average molecular weight is 435 g/mol. The molecule has 0 saturated carbocycles. The van der Waals surface area contributed by atoms with Gasteiger partial charge in [0.2, 0.25) is 0 Å². The van der Waals surface area contributed by atoms with Gasteiger partial charge >= 0.3 is 6.36 Å². The Morgan fingerprint density at radius 2 is 1.94 bits per heavy atom. The van der Waals surface area contributed by atoms with Crippen molar-refractivity contribution < 1.29 is 32.2 Å². The largest absolute Gasteiger partial charge is 0.573 e. The number of anilines is 1. The summed E-state index contributed by atoms with van der Waals surface area (Å²) in [6.45, 7) is 0.735. The molecule has 0 fully saturated rings. The summed E-state index contributed by atoms with van der Waals surface area (Å²) in [7, 11) is 3.34. The van der Waals surface area contributed by atoms with Gasteiger partial charge in [-0.3, -0.25) is 9.48 Å². The SMILES string of the molecule is COCCOc1ccc(NC(=O)c2cccc(OC(F)(F)F)c2)cc1-c1ccnn1C. The minimum Gasteiger partial charge on any atom is -0.490 e. The fraction of sp³-hybridized carbons (Fsp3) is 0.238. The van der Waals surface area contributed by atoms with Crippen molar-refractivity contribution in [3.05, 3.63) is 60.3 Å². The Kier molecular flexibility index (Phi) is 6.81. The number of carbonyl (C=O) groups is 1. The Balaban J connectivity index is 1.84. The van der Waals surface area contributed by atoms with Gasteiger partial charge in [-0.2, -0.15) is 5.10 Å². The molecule has 0 atom stereocenters. The first-order valence-corrected chi connectivity index (χ1v) is 9.18. The summed E-state index contributed by atoms with van der Waals surface area (Å²) in [6, 6.07) is 11.7. The van der Waals surface area contributed by atoms with E-state index < -0.39 is 18.0 Å². The predicted octanol–water partition coefficient (Wildman–Crippen LogP) is 4.26. The number of methoxy groups -OCH3 is 1. The molecule has 3 aromatic rings. The van der Waals surface area contributed by atoms with Gasteiger partial charge in [-0.1, -0.05) is 6.07 Å². The molecule has 2 aromatic carbocycles. The van der Waals surface area contributed by atoms with Gasteiger partial charge in [0, 0.05) is 37.2 Å². The third kappa shape index (κ3) is 5.98. The van der Waals surface area contributed by atoms with Crippen molar-refractivity contribution in [3.8, 4) is 22.8 Å². The lowest BCUT2D eigenvalue weighted by Crippen LogP contribution is -2.18. The molecule has 31 heavy (non-hydrogen) atoms. The Bertz CT molecular complexity index is 1050. The smallest absolute Gasteiger partial charge is 0.490 e. The van der Waals surface area contributed by atoms with Crippen molar-refractivity contribution >= 4 is 11.6 Å². The Labute approximate surface area is 176 Å². The fourth-order valence-electron chi connectivity index (χ4n) is 2.84. The molecule has 0 radical (unpaired) electrons. The second-order valence-corrected chi connectivity index (χ2v) is 6.42. The van der Waals surface area contributed by atoms with Crippen LogP contribution in [-0.4, -0.2) is 42.4 Å². The number of nitrogens with zero attached hydrogens (tertiary/aromatic N) is 2. The summed E-state index contributed by atoms with van der Waals surface area (Å²) in [5.74, 6) is -0.492. The maximum absolute atomic E-state index is 12.6. The van der Waals surface area contributed by atoms with E-state index in [4.69, 9.17) is 9.47 Å². The molecular weight excluding hydrogens is 415 g/mol. The van der Waals surface area contributed by atoms with Crippen molar-refractivity contribution in [1.82, 2.24) is 9.78 Å². The van der Waals surface area contributed by atoms with Gasteiger partial charge in [-0.05, 0) is 42.5 Å². The quantitative estimate of drug-likeness (QED) is 0.535. The highest BCUT2D eigenvalue weighted by molar-refractivity contribution is 6.04. The molecule has 0 aliphatic heterocycles. The minimum atomic E-state index is -4.84. The predicted molar refractivity (Wildman–Crippen MR) is 107 cm³/mol. The number of hydrogen-bond donors (Lipinski definition) is 1. The molecular formula is C21H20F3N3O4. The van der Waals surface area contributed by atoms with Crippen LogP contribution in [0.1, 0.15) is 10.4 Å². The number of hydrogen-bond acceptors (Lipinski definition) is 5. The van der Waals surface area contributed by atoms with E-state index in [9.17, 15) is 18.0 Å². The molecule has 1 N–H and O–H groups in total. The van der Waals surface area contributed by atoms with Crippen LogP contribution in [0.3, 0.4) is 0 Å². The van der Waals surface area contributed by atoms with Gasteiger partial charge < -0.3 is 19.5 Å². The number of nitrogens with one attached hydrogen (secondary N) is 1. The first-order chi connectivity index (χ1) is 14.8. The topological polar surface area (TPSA) is 74.6 Å². The molecule has 7 nitrogen and oxygen atoms in total. The third-order valence-electron chi connectivity index (χ3n) is 4.21. The molecule has 0 spiro atoms. The van der Waals surface area contributed by atoms with Gasteiger partial charge in [0.1, 0.15) is 18.1 Å². The number of benzene rings is 2. The zero-order valence-corrected chi connectivity index (χ0v) is 16.8. The van der Waals surface area contributed by atoms with Crippen molar-refractivity contribution in [1.29, 1.82) is 0 Å². The van der Waals surface area contributed by atoms with E-state index in [1.807, 2.05) is 0 Å². The van der Waals surface area contributed by atoms with Gasteiger partial charge in [-0.25, -0.2) is 0 Å². The van der Waals surface area contributed by atoms with Crippen LogP contribution in [0.5, 0.6) is 11.5 Å². The molecule has 3 rings (SSSR count). The maximum atomic E-state index is 12.6. The zero-order valence-electron chi connectivity index (χ0n) is 16.8. The number of ether oxygens (including phenoxy) is 3. The molecule has 0 bridgehead atoms. The maximum Gasteiger partial charge on any atom is 0.573 e. The number of carbonyl (C=O) groups excluding carboxylic acids is 1. The molecule has 164 valence electrons. The van der Waals surface area contributed by atoms with E-state index in [0.29, 0.717) is 30.2 Å². The molecule has 0 unspecified atom stereocenters. The number of aromatic nitrogens is 2. The molecule has 1 amide bonds. The van der Waals surface area contributed by atoms with Gasteiger partial charge in [0.25, 0.3) is 5.91 Å². The Morgan fingerprint density at radius 3 is 2.61 bits per heavy atom. The normalized spacial score (nSPS) is 11.3. The summed E-state index contributed by atoms with van der Waals surface area (Å²) in [5.41, 5.74) is 1.89. The highest BCUT2D eigenvalue weighted by atomic mass is 19.4. The second kappa shape index (κ2) is 9.52. The molecule has 0 aliphatic rings. The second-order valence-electron chi connectivity index (χ2n) is 6.42. The van der Waals surface area contributed by atoms with Crippen LogP contribution >= 0.6 is 0 Å². The van der Waals surface area contributed by atoms with E-state index >= 15 is 0 Å². The van der Waals surface area contributed by atoms with Crippen LogP contribution in [0.2, 0.25) is 0 Å². The average Bonchev–Trinajstić information content (AvgIpc) is 3.13. The highest BCUT2D eigenvalue weighted by Crippen LogP contribution is 2.33. The Hall–Kier alpha value is -3.53. The fourth-order valence-corrected chi connectivity index (χ4v) is 2.84. The zero-order chi connectivity index (χ0) is 22.4. The van der Waals surface area contributed by atoms with Crippen LogP contribution in [0.25, 0.3) is 11.3 Å². The van der Waals surface area contributed by atoms with Gasteiger partial charge in [0.05, 0.1) is 12.3 Å². The van der Waals surface area contributed by atoms with Gasteiger partial charge in [0.15, 0.2) is 0 Å². The molecule has 10 heteroatoms. The lowest BCUT2D eigenvalue weighted by molar-refractivity contribution is -0.274. The number of alkyl halides is 3. The highest BCUT2D eigenvalue weighted by Gasteiger charge is 2.31. The first kappa shape index (κ1) is 22.2. The summed E-state index contributed by atoms with van der Waals surface area (Å²) in [5, 5.41) is 6.83. The number of amides is 1. The lowest BCUT2D eigenvalue weighted by atomic mass is 10.1. The first-order valence-electron chi connectivity index (χ1n) is 9.18. The van der Waals surface area contributed by atoms with Crippen LogP contribution in [0.4, 0.5) is 18.9 Å². The summed E-state index contributed by atoms with van der Waals surface area (Å²) in [4.78, 5) is 12.6. The van der Waals surface area contributed by atoms with E-state index in [2.05, 4.69) is 15.2 Å². The van der Waals surface area contributed by atoms with Crippen LogP contribution in [0, 0.1) is 0 Å². The third-order valence-corrected chi connectivity index (χ3v) is 4.21. The molecule has 0 aliphatic carbocycles. The van der Waals surface area contributed by atoms with Crippen molar-refractivity contribution in [2.24, 2.45) is 7.05 Å². The molecule has 0 saturated heterocycles. The van der Waals surface area contributed by atoms with E-state index in [0.717, 1.165) is 17.8 Å². The van der Waals surface area contributed by atoms with E-state index in [1.54, 1.807) is 49.3 Å². The monoisotopic (exact) mass is 435 g/mol. The Morgan fingerprint density at radius 1 is 1.13 bits per heavy atom. The molecule has 1 heterocycles. The number of halogens is 3. The van der Waals surface area contributed by atoms with Crippen molar-refractivity contribution in [2.45, 2.75) is 6.36 Å². The van der Waals surface area contributed by atoms with Crippen LogP contribution in [0.15, 0.2) is 54.7 Å². The summed E-state index contributed by atoms with van der Waals surface area (Å²) >= 11 is 0. The molecule has 1 aromatic heterocycles. The summed E-state index contributed by atoms with van der Waals surface area (Å²) in [6.07, 6.45) is -3.21. The van der Waals surface area contributed by atoms with Crippen LogP contribution < -0.4 is 14.8 Å². The van der Waals surface area contributed by atoms with E-state index in [-0.39, 0.29) is 5.56 Å². The number of rotatable bonds is 8. The van der Waals surface area contributed by atoms with Crippen LogP contribution in [-0.2, 0) is 11.8 Å². The lowest BCUT2D eigenvalue weighted by Gasteiger charge is -2.14. The van der Waals surface area contributed by atoms with Gasteiger partial charge in [-0.15, -0.1) is 13.2 Å². The standard InChI is InChI=1S/C21H20F3N3O4/c1-27-18(8-9-25-27)17-13-15(6-7-19(17)30-11-10-29-2)26-20(28)14-4-3-5-16(12-14)31-21(22,23)24/h3-9,12-13H,10-11H2,1-2H3,(H,26,28). The minimum absolute atomic E-state index is 0.0178. The van der Waals surface area contributed by atoms with Crippen molar-refractivity contribution in [2.75, 3.05) is 25.6 Å². The number of aryl methyl sites for hydroxylation is 1.